The van der Waals surface area contributed by atoms with Gasteiger partial charge in [-0.1, -0.05) is 44.0 Å². The molecule has 4 heteroatoms. The second kappa shape index (κ2) is 7.50. The molecule has 0 N–H and O–H groups in total. The second-order valence-electron chi connectivity index (χ2n) is 5.12. The van der Waals surface area contributed by atoms with E-state index in [1.165, 1.54) is 5.69 Å². The summed E-state index contributed by atoms with van der Waals surface area (Å²) in [7, 11) is 0. The van der Waals surface area contributed by atoms with Crippen LogP contribution in [0.25, 0.3) is 6.08 Å². The number of carbonyl (C=O) groups excluding carboxylic acids is 1. The predicted molar refractivity (Wildman–Crippen MR) is 88.1 cm³/mol. The average molecular weight is 290 g/mol. The first kappa shape index (κ1) is 15.1. The molecule has 108 valence electrons. The van der Waals surface area contributed by atoms with E-state index in [1.54, 1.807) is 6.08 Å². The molecule has 0 saturated carbocycles. The Morgan fingerprint density at radius 1 is 1.15 bits per heavy atom. The Kier molecular flexibility index (Phi) is 5.68. The Morgan fingerprint density at radius 2 is 1.85 bits per heavy atom. The van der Waals surface area contributed by atoms with Crippen LogP contribution in [-0.2, 0) is 4.79 Å². The van der Waals surface area contributed by atoms with Crippen LogP contribution >= 0.6 is 11.9 Å². The van der Waals surface area contributed by atoms with Crippen LogP contribution in [0.5, 0.6) is 0 Å². The van der Waals surface area contributed by atoms with Gasteiger partial charge in [0.05, 0.1) is 0 Å². The molecule has 0 bridgehead atoms. The third-order valence-corrected chi connectivity index (χ3v) is 4.32. The van der Waals surface area contributed by atoms with Crippen molar-refractivity contribution >= 4 is 30.0 Å². The number of hydrogen-bond donors (Lipinski definition) is 0. The number of carbonyl (C=O) groups is 1. The summed E-state index contributed by atoms with van der Waals surface area (Å²) in [4.78, 5) is 12.9. The first-order chi connectivity index (χ1) is 9.70. The third kappa shape index (κ3) is 4.12. The number of hydrogen-bond acceptors (Lipinski definition) is 4. The van der Waals surface area contributed by atoms with Crippen molar-refractivity contribution in [2.45, 2.75) is 19.1 Å². The van der Waals surface area contributed by atoms with Gasteiger partial charge in [-0.25, -0.2) is 4.31 Å². The van der Waals surface area contributed by atoms with Crippen molar-refractivity contribution in [1.82, 2.24) is 4.31 Å². The van der Waals surface area contributed by atoms with Crippen LogP contribution in [0.1, 0.15) is 19.4 Å². The summed E-state index contributed by atoms with van der Waals surface area (Å²) in [6, 6.07) is 8.27. The Balaban J connectivity index is 2.03. The molecule has 3 nitrogen and oxygen atoms in total. The van der Waals surface area contributed by atoms with Gasteiger partial charge in [0.15, 0.2) is 0 Å². The van der Waals surface area contributed by atoms with E-state index < -0.39 is 0 Å². The number of aldehydes is 1. The van der Waals surface area contributed by atoms with Gasteiger partial charge in [0.25, 0.3) is 0 Å². The number of nitrogens with zero attached hydrogens (tertiary/aromatic N) is 2. The van der Waals surface area contributed by atoms with E-state index in [-0.39, 0.29) is 0 Å². The minimum absolute atomic E-state index is 0.643. The van der Waals surface area contributed by atoms with Crippen LogP contribution in [0.4, 0.5) is 5.69 Å². The average Bonchev–Trinajstić information content (AvgIpc) is 2.46. The molecular formula is C16H22N2OS. The Hall–Kier alpha value is -1.26. The van der Waals surface area contributed by atoms with Crippen molar-refractivity contribution in [1.29, 1.82) is 0 Å². The summed E-state index contributed by atoms with van der Waals surface area (Å²) in [5.74, 6) is 0. The van der Waals surface area contributed by atoms with Gasteiger partial charge in [-0.2, -0.15) is 0 Å². The molecule has 0 amide bonds. The molecule has 1 saturated heterocycles. The monoisotopic (exact) mass is 290 g/mol. The smallest absolute Gasteiger partial charge is 0.142 e. The zero-order chi connectivity index (χ0) is 14.4. The van der Waals surface area contributed by atoms with Crippen molar-refractivity contribution in [3.63, 3.8) is 0 Å². The van der Waals surface area contributed by atoms with Gasteiger partial charge in [0, 0.05) is 37.1 Å². The van der Waals surface area contributed by atoms with Crippen LogP contribution < -0.4 is 4.90 Å². The Labute approximate surface area is 125 Å². The maximum atomic E-state index is 10.5. The van der Waals surface area contributed by atoms with E-state index in [9.17, 15) is 4.79 Å². The van der Waals surface area contributed by atoms with E-state index >= 15 is 0 Å². The minimum Gasteiger partial charge on any atom is -0.368 e. The van der Waals surface area contributed by atoms with Crippen LogP contribution in [-0.4, -0.2) is 42.0 Å². The van der Waals surface area contributed by atoms with Crippen molar-refractivity contribution in [2.24, 2.45) is 0 Å². The number of para-hydroxylation sites is 1. The molecule has 1 heterocycles. The lowest BCUT2D eigenvalue weighted by Crippen LogP contribution is -2.44. The second-order valence-corrected chi connectivity index (χ2v) is 6.79. The summed E-state index contributed by atoms with van der Waals surface area (Å²) in [6.45, 7) is 8.69. The molecule has 0 atom stereocenters. The number of allylic oxidation sites excluding steroid dienone is 1. The van der Waals surface area contributed by atoms with Gasteiger partial charge in [-0.05, 0) is 23.8 Å². The van der Waals surface area contributed by atoms with Crippen molar-refractivity contribution in [3.05, 3.63) is 35.9 Å². The van der Waals surface area contributed by atoms with Gasteiger partial charge in [-0.3, -0.25) is 4.79 Å². The first-order valence-corrected chi connectivity index (χ1v) is 7.92. The van der Waals surface area contributed by atoms with E-state index in [0.717, 1.165) is 38.0 Å². The fourth-order valence-electron chi connectivity index (χ4n) is 2.39. The molecule has 0 unspecified atom stereocenters. The molecule has 0 radical (unpaired) electrons. The fourth-order valence-corrected chi connectivity index (χ4v) is 3.36. The lowest BCUT2D eigenvalue weighted by atomic mass is 10.1. The van der Waals surface area contributed by atoms with Gasteiger partial charge in [0.2, 0.25) is 0 Å². The standard InChI is InChI=1S/C16H22N2OS/c1-14(2)20-18-11-9-17(10-12-18)16-8-4-3-6-15(16)7-5-13-19/h3-8,13-14H,9-12H2,1-2H3/b7-5+. The van der Waals surface area contributed by atoms with E-state index in [1.807, 2.05) is 24.1 Å². The molecule has 1 fully saturated rings. The SMILES string of the molecule is CC(C)SN1CCN(c2ccccc2/C=C/C=O)CC1. The molecule has 0 aliphatic carbocycles. The van der Waals surface area contributed by atoms with Crippen LogP contribution in [0, 0.1) is 0 Å². The highest BCUT2D eigenvalue weighted by Crippen LogP contribution is 2.25. The van der Waals surface area contributed by atoms with Crippen molar-refractivity contribution in [2.75, 3.05) is 31.1 Å². The fraction of sp³-hybridized carbons (Fsp3) is 0.438. The Morgan fingerprint density at radius 3 is 2.50 bits per heavy atom. The minimum atomic E-state index is 0.643. The van der Waals surface area contributed by atoms with E-state index in [4.69, 9.17) is 0 Å². The van der Waals surface area contributed by atoms with E-state index in [0.29, 0.717) is 5.25 Å². The maximum absolute atomic E-state index is 10.5. The number of anilines is 1. The topological polar surface area (TPSA) is 23.6 Å². The predicted octanol–water partition coefficient (Wildman–Crippen LogP) is 3.08. The first-order valence-electron chi connectivity index (χ1n) is 7.08. The summed E-state index contributed by atoms with van der Waals surface area (Å²) in [5, 5.41) is 0.643. The van der Waals surface area contributed by atoms with E-state index in [2.05, 4.69) is 41.3 Å². The molecule has 1 aliphatic heterocycles. The highest BCUT2D eigenvalue weighted by molar-refractivity contribution is 7.97. The van der Waals surface area contributed by atoms with Crippen LogP contribution in [0.3, 0.4) is 0 Å². The zero-order valence-corrected chi connectivity index (χ0v) is 13.0. The Bertz CT molecular complexity index is 465. The summed E-state index contributed by atoms with van der Waals surface area (Å²) < 4.78 is 2.45. The maximum Gasteiger partial charge on any atom is 0.142 e. The number of benzene rings is 1. The highest BCUT2D eigenvalue weighted by Gasteiger charge is 2.19. The molecular weight excluding hydrogens is 268 g/mol. The lowest BCUT2D eigenvalue weighted by Gasteiger charge is -2.36. The highest BCUT2D eigenvalue weighted by atomic mass is 32.2. The summed E-state index contributed by atoms with van der Waals surface area (Å²) in [6.07, 6.45) is 4.27. The molecule has 0 aromatic heterocycles. The number of piperazine rings is 1. The van der Waals surface area contributed by atoms with Gasteiger partial charge in [-0.15, -0.1) is 0 Å². The van der Waals surface area contributed by atoms with Gasteiger partial charge >= 0.3 is 0 Å². The van der Waals surface area contributed by atoms with Crippen LogP contribution in [0.2, 0.25) is 0 Å². The molecule has 1 aromatic rings. The molecule has 0 spiro atoms. The van der Waals surface area contributed by atoms with Crippen LogP contribution in [0.15, 0.2) is 30.3 Å². The molecule has 2 rings (SSSR count). The molecule has 20 heavy (non-hydrogen) atoms. The zero-order valence-electron chi connectivity index (χ0n) is 12.2. The summed E-state index contributed by atoms with van der Waals surface area (Å²) in [5.41, 5.74) is 2.34. The quantitative estimate of drug-likeness (QED) is 0.472. The number of rotatable bonds is 5. The van der Waals surface area contributed by atoms with Gasteiger partial charge < -0.3 is 4.90 Å². The van der Waals surface area contributed by atoms with Crippen molar-refractivity contribution in [3.8, 4) is 0 Å². The van der Waals surface area contributed by atoms with Gasteiger partial charge in [0.1, 0.15) is 6.29 Å². The molecule has 1 aromatic carbocycles. The normalized spacial score (nSPS) is 17.1. The molecule has 1 aliphatic rings. The third-order valence-electron chi connectivity index (χ3n) is 3.23. The lowest BCUT2D eigenvalue weighted by molar-refractivity contribution is -0.104. The summed E-state index contributed by atoms with van der Waals surface area (Å²) >= 11 is 1.94. The largest absolute Gasteiger partial charge is 0.368 e. The van der Waals surface area contributed by atoms with Crippen molar-refractivity contribution < 1.29 is 4.79 Å².